The van der Waals surface area contributed by atoms with Gasteiger partial charge in [-0.25, -0.2) is 18.7 Å². The van der Waals surface area contributed by atoms with E-state index >= 15 is 0 Å². The molecule has 0 spiro atoms. The second-order valence-electron chi connectivity index (χ2n) is 6.47. The Bertz CT molecular complexity index is 995. The molecule has 6 nitrogen and oxygen atoms in total. The first-order chi connectivity index (χ1) is 13.0. The van der Waals surface area contributed by atoms with Crippen LogP contribution in [0, 0.1) is 5.82 Å². The van der Waals surface area contributed by atoms with Crippen LogP contribution in [-0.2, 0) is 0 Å². The predicted molar refractivity (Wildman–Crippen MR) is 99.1 cm³/mol. The quantitative estimate of drug-likeness (QED) is 0.739. The van der Waals surface area contributed by atoms with Gasteiger partial charge in [0.05, 0.1) is 29.0 Å². The molecule has 0 saturated carbocycles. The zero-order valence-corrected chi connectivity index (χ0v) is 15.3. The van der Waals surface area contributed by atoms with Gasteiger partial charge in [0, 0.05) is 12.7 Å². The van der Waals surface area contributed by atoms with Crippen molar-refractivity contribution in [3.05, 3.63) is 47.0 Å². The van der Waals surface area contributed by atoms with Crippen molar-refractivity contribution in [2.75, 3.05) is 18.4 Å². The number of nitrogens with zero attached hydrogens (tertiary/aromatic N) is 4. The highest BCUT2D eigenvalue weighted by Gasteiger charge is 2.29. The molecule has 0 radical (unpaired) electrons. The number of amides is 1. The zero-order valence-electron chi connectivity index (χ0n) is 14.5. The van der Waals surface area contributed by atoms with E-state index < -0.39 is 12.0 Å². The number of carbonyl (C=O) groups excluding carboxylic acids is 1. The maximum absolute atomic E-state index is 13.5. The summed E-state index contributed by atoms with van der Waals surface area (Å²) in [6, 6.07) is 2.88. The van der Waals surface area contributed by atoms with Crippen LogP contribution in [-0.4, -0.2) is 45.0 Å². The van der Waals surface area contributed by atoms with Crippen LogP contribution < -0.4 is 5.32 Å². The Hall–Kier alpha value is -2.68. The Balaban J connectivity index is 1.65. The van der Waals surface area contributed by atoms with Crippen LogP contribution >= 0.6 is 11.3 Å². The number of hydrogen-bond acceptors (Lipinski definition) is 6. The van der Waals surface area contributed by atoms with Crippen LogP contribution in [0.3, 0.4) is 0 Å². The van der Waals surface area contributed by atoms with Gasteiger partial charge in [-0.2, -0.15) is 0 Å². The first-order valence-electron chi connectivity index (χ1n) is 8.57. The van der Waals surface area contributed by atoms with Gasteiger partial charge in [0.25, 0.3) is 5.91 Å². The number of pyridine rings is 1. The largest absolute Gasteiger partial charge is 0.348 e. The van der Waals surface area contributed by atoms with Gasteiger partial charge >= 0.3 is 0 Å². The van der Waals surface area contributed by atoms with Crippen molar-refractivity contribution in [1.82, 2.24) is 19.9 Å². The Labute approximate surface area is 158 Å². The topological polar surface area (TPSA) is 71.0 Å². The Morgan fingerprint density at radius 1 is 1.41 bits per heavy atom. The number of anilines is 1. The summed E-state index contributed by atoms with van der Waals surface area (Å²) >= 11 is 1.37. The van der Waals surface area contributed by atoms with E-state index in [0.29, 0.717) is 28.7 Å². The van der Waals surface area contributed by atoms with Crippen molar-refractivity contribution in [3.8, 4) is 0 Å². The van der Waals surface area contributed by atoms with Gasteiger partial charge < -0.3 is 10.2 Å². The molecular weight excluding hydrogens is 372 g/mol. The molecule has 1 aliphatic rings. The van der Waals surface area contributed by atoms with Crippen molar-refractivity contribution in [3.63, 3.8) is 0 Å². The fraction of sp³-hybridized carbons (Fsp3) is 0.333. The number of carbonyl (C=O) groups is 1. The Morgan fingerprint density at radius 2 is 2.26 bits per heavy atom. The number of aromatic nitrogens is 3. The van der Waals surface area contributed by atoms with Gasteiger partial charge in [0.2, 0.25) is 5.95 Å². The second-order valence-corrected chi connectivity index (χ2v) is 7.39. The first kappa shape index (κ1) is 17.7. The Kier molecular flexibility index (Phi) is 4.69. The molecule has 140 valence electrons. The molecule has 4 heterocycles. The van der Waals surface area contributed by atoms with E-state index in [1.807, 2.05) is 12.3 Å². The minimum absolute atomic E-state index is 0.0871. The zero-order chi connectivity index (χ0) is 19.0. The van der Waals surface area contributed by atoms with E-state index in [2.05, 4.69) is 20.3 Å². The molecule has 0 bridgehead atoms. The highest BCUT2D eigenvalue weighted by molar-refractivity contribution is 7.17. The van der Waals surface area contributed by atoms with Crippen molar-refractivity contribution < 1.29 is 13.6 Å². The smallest absolute Gasteiger partial charge is 0.274 e. The summed E-state index contributed by atoms with van der Waals surface area (Å²) in [5.41, 5.74) is 1.54. The molecule has 27 heavy (non-hydrogen) atoms. The summed E-state index contributed by atoms with van der Waals surface area (Å²) in [5.74, 6) is -0.467. The number of fused-ring (bicyclic) bond motifs is 1. The van der Waals surface area contributed by atoms with Crippen molar-refractivity contribution >= 4 is 33.4 Å². The minimum Gasteiger partial charge on any atom is -0.348 e. The lowest BCUT2D eigenvalue weighted by Gasteiger charge is -2.17. The van der Waals surface area contributed by atoms with Crippen LogP contribution in [0.25, 0.3) is 10.2 Å². The number of hydrogen-bond donors (Lipinski definition) is 1. The fourth-order valence-electron chi connectivity index (χ4n) is 3.07. The molecule has 1 amide bonds. The van der Waals surface area contributed by atoms with Crippen LogP contribution in [0.4, 0.5) is 14.7 Å². The first-order valence-corrected chi connectivity index (χ1v) is 9.45. The van der Waals surface area contributed by atoms with Gasteiger partial charge in [-0.05, 0) is 36.4 Å². The van der Waals surface area contributed by atoms with Gasteiger partial charge in [0.15, 0.2) is 5.69 Å². The van der Waals surface area contributed by atoms with Crippen LogP contribution in [0.1, 0.15) is 35.4 Å². The summed E-state index contributed by atoms with van der Waals surface area (Å²) in [4.78, 5) is 27.0. The number of thiophene rings is 1. The third-order valence-corrected chi connectivity index (χ3v) is 5.41. The molecule has 1 fully saturated rings. The molecular formula is C18H17F2N5OS. The molecule has 0 aliphatic carbocycles. The number of nitrogens with one attached hydrogen (secondary N) is 1. The fourth-order valence-corrected chi connectivity index (χ4v) is 3.88. The summed E-state index contributed by atoms with van der Waals surface area (Å²) in [6.07, 6.45) is 2.04. The van der Waals surface area contributed by atoms with Crippen LogP contribution in [0.15, 0.2) is 29.9 Å². The molecule has 3 aromatic heterocycles. The van der Waals surface area contributed by atoms with Gasteiger partial charge in [-0.15, -0.1) is 11.3 Å². The summed E-state index contributed by atoms with van der Waals surface area (Å²) in [7, 11) is 0. The molecule has 9 heteroatoms. The molecule has 1 saturated heterocycles. The highest BCUT2D eigenvalue weighted by Crippen LogP contribution is 2.27. The van der Waals surface area contributed by atoms with Crippen molar-refractivity contribution in [2.24, 2.45) is 0 Å². The average molecular weight is 389 g/mol. The lowest BCUT2D eigenvalue weighted by atomic mass is 10.1. The summed E-state index contributed by atoms with van der Waals surface area (Å²) < 4.78 is 27.6. The number of rotatable bonds is 4. The molecule has 2 atom stereocenters. The van der Waals surface area contributed by atoms with E-state index in [1.54, 1.807) is 12.3 Å². The van der Waals surface area contributed by atoms with E-state index in [0.717, 1.165) is 6.20 Å². The third-order valence-electron chi connectivity index (χ3n) is 4.50. The third kappa shape index (κ3) is 3.59. The average Bonchev–Trinajstić information content (AvgIpc) is 3.29. The van der Waals surface area contributed by atoms with E-state index in [-0.39, 0.29) is 30.1 Å². The van der Waals surface area contributed by atoms with Crippen molar-refractivity contribution in [1.29, 1.82) is 0 Å². The normalized spacial score (nSPS) is 18.0. The maximum atomic E-state index is 13.5. The van der Waals surface area contributed by atoms with E-state index in [4.69, 9.17) is 0 Å². The molecule has 4 rings (SSSR count). The summed E-state index contributed by atoms with van der Waals surface area (Å²) in [6.45, 7) is 2.29. The molecule has 3 aromatic rings. The molecule has 1 aliphatic heterocycles. The van der Waals surface area contributed by atoms with Crippen molar-refractivity contribution in [2.45, 2.75) is 25.6 Å². The standard InChI is InChI=1S/C18H17F2N5OS/c1-10(11-6-13(20)8-21-7-11)22-18-23-14-3-5-27-16(14)15(24-18)17(26)25-4-2-12(19)9-25/h3,5-8,10,12H,2,4,9H2,1H3,(H,22,23,24)/t10-,12-/m0/s1. The van der Waals surface area contributed by atoms with E-state index in [9.17, 15) is 13.6 Å². The van der Waals surface area contributed by atoms with E-state index in [1.165, 1.54) is 22.3 Å². The van der Waals surface area contributed by atoms with Gasteiger partial charge in [-0.3, -0.25) is 9.78 Å². The second kappa shape index (κ2) is 7.15. The minimum atomic E-state index is -0.993. The Morgan fingerprint density at radius 3 is 3.00 bits per heavy atom. The van der Waals surface area contributed by atoms with Crippen LogP contribution in [0.5, 0.6) is 0 Å². The highest BCUT2D eigenvalue weighted by atomic mass is 32.1. The molecule has 0 unspecified atom stereocenters. The van der Waals surface area contributed by atoms with Gasteiger partial charge in [-0.1, -0.05) is 0 Å². The number of likely N-dealkylation sites (tertiary alicyclic amines) is 1. The SMILES string of the molecule is C[C@H](Nc1nc(C(=O)N2CC[C@H](F)C2)c2sccc2n1)c1cncc(F)c1. The number of halogens is 2. The maximum Gasteiger partial charge on any atom is 0.274 e. The molecule has 0 aromatic carbocycles. The lowest BCUT2D eigenvalue weighted by Crippen LogP contribution is -2.30. The predicted octanol–water partition coefficient (Wildman–Crippen LogP) is 3.58. The number of alkyl halides is 1. The summed E-state index contributed by atoms with van der Waals surface area (Å²) in [5, 5.41) is 4.93. The lowest BCUT2D eigenvalue weighted by molar-refractivity contribution is 0.0779. The monoisotopic (exact) mass is 389 g/mol. The van der Waals surface area contributed by atoms with Gasteiger partial charge in [0.1, 0.15) is 12.0 Å². The van der Waals surface area contributed by atoms with Crippen LogP contribution in [0.2, 0.25) is 0 Å². The molecule has 1 N–H and O–H groups in total.